The second kappa shape index (κ2) is 9.83. The summed E-state index contributed by atoms with van der Waals surface area (Å²) < 4.78 is 45.5. The van der Waals surface area contributed by atoms with Crippen LogP contribution in [0.1, 0.15) is 27.2 Å². The van der Waals surface area contributed by atoms with E-state index in [1.807, 2.05) is 6.07 Å². The zero-order valence-electron chi connectivity index (χ0n) is 17.2. The minimum absolute atomic E-state index is 0.0365. The van der Waals surface area contributed by atoms with Crippen molar-refractivity contribution in [2.75, 3.05) is 0 Å². The molecule has 1 N–H and O–H groups in total. The number of alkyl halides is 3. The van der Waals surface area contributed by atoms with Gasteiger partial charge in [-0.05, 0) is 29.8 Å². The molecule has 0 saturated carbocycles. The summed E-state index contributed by atoms with van der Waals surface area (Å²) in [6, 6.07) is 15.8. The van der Waals surface area contributed by atoms with E-state index in [0.717, 1.165) is 11.6 Å². The molecule has 168 valence electrons. The average Bonchev–Trinajstić information content (AvgIpc) is 3.32. The van der Waals surface area contributed by atoms with Crippen LogP contribution < -0.4 is 10.1 Å². The van der Waals surface area contributed by atoms with Crippen molar-refractivity contribution < 1.29 is 22.7 Å². The van der Waals surface area contributed by atoms with E-state index in [1.165, 1.54) is 29.5 Å². The first-order chi connectivity index (χ1) is 15.9. The predicted octanol–water partition coefficient (Wildman–Crippen LogP) is 5.73. The highest BCUT2D eigenvalue weighted by molar-refractivity contribution is 7.13. The van der Waals surface area contributed by atoms with Gasteiger partial charge in [-0.15, -0.1) is 11.3 Å². The number of hydrogen-bond donors (Lipinski definition) is 1. The van der Waals surface area contributed by atoms with Gasteiger partial charge in [-0.2, -0.15) is 13.2 Å². The normalized spacial score (nSPS) is 11.2. The third kappa shape index (κ3) is 5.56. The quantitative estimate of drug-likeness (QED) is 0.375. The van der Waals surface area contributed by atoms with Gasteiger partial charge in [0.15, 0.2) is 0 Å². The Bertz CT molecular complexity index is 1240. The van der Waals surface area contributed by atoms with Gasteiger partial charge >= 0.3 is 6.18 Å². The summed E-state index contributed by atoms with van der Waals surface area (Å²) in [5.74, 6) is 0.0463. The summed E-state index contributed by atoms with van der Waals surface area (Å²) in [6.07, 6.45) is -1.15. The zero-order valence-corrected chi connectivity index (χ0v) is 18.0. The van der Waals surface area contributed by atoms with Crippen LogP contribution in [-0.4, -0.2) is 15.9 Å². The number of thiazole rings is 1. The van der Waals surface area contributed by atoms with Gasteiger partial charge in [0, 0.05) is 29.9 Å². The summed E-state index contributed by atoms with van der Waals surface area (Å²) >= 11 is 1.25. The topological polar surface area (TPSA) is 64.1 Å². The number of para-hydroxylation sites is 1. The van der Waals surface area contributed by atoms with E-state index in [9.17, 15) is 18.0 Å². The van der Waals surface area contributed by atoms with Crippen LogP contribution in [0.25, 0.3) is 10.6 Å². The molecule has 0 aliphatic carbocycles. The molecular formula is C24H18F3N3O2S. The molecule has 2 aromatic carbocycles. The fourth-order valence-electron chi connectivity index (χ4n) is 3.12. The molecule has 0 bridgehead atoms. The summed E-state index contributed by atoms with van der Waals surface area (Å²) in [6.45, 7) is 0.0639. The van der Waals surface area contributed by atoms with Gasteiger partial charge in [0.1, 0.15) is 23.1 Å². The molecule has 5 nitrogen and oxygen atoms in total. The minimum atomic E-state index is -4.47. The number of aromatic nitrogens is 2. The predicted molar refractivity (Wildman–Crippen MR) is 119 cm³/mol. The van der Waals surface area contributed by atoms with Gasteiger partial charge in [0.05, 0.1) is 11.1 Å². The largest absolute Gasteiger partial charge is 0.488 e. The molecule has 0 radical (unpaired) electrons. The molecule has 33 heavy (non-hydrogen) atoms. The number of pyridine rings is 1. The highest BCUT2D eigenvalue weighted by Gasteiger charge is 2.33. The van der Waals surface area contributed by atoms with Crippen molar-refractivity contribution in [2.24, 2.45) is 0 Å². The lowest BCUT2D eigenvalue weighted by atomic mass is 10.1. The fourth-order valence-corrected chi connectivity index (χ4v) is 3.95. The minimum Gasteiger partial charge on any atom is -0.488 e. The molecule has 9 heteroatoms. The molecule has 0 spiro atoms. The monoisotopic (exact) mass is 469 g/mol. The summed E-state index contributed by atoms with van der Waals surface area (Å²) in [7, 11) is 0. The van der Waals surface area contributed by atoms with Crippen LogP contribution in [0, 0.1) is 0 Å². The molecule has 2 heterocycles. The van der Waals surface area contributed by atoms with Crippen molar-refractivity contribution in [3.63, 3.8) is 0 Å². The van der Waals surface area contributed by atoms with Gasteiger partial charge in [0.2, 0.25) is 0 Å². The first-order valence-corrected chi connectivity index (χ1v) is 10.8. The number of halogens is 3. The van der Waals surface area contributed by atoms with Gasteiger partial charge in [-0.3, -0.25) is 9.78 Å². The van der Waals surface area contributed by atoms with Crippen molar-refractivity contribution in [3.05, 3.63) is 101 Å². The van der Waals surface area contributed by atoms with Crippen LogP contribution in [0.5, 0.6) is 5.75 Å². The third-order valence-electron chi connectivity index (χ3n) is 4.74. The highest BCUT2D eigenvalue weighted by Crippen LogP contribution is 2.35. The first kappa shape index (κ1) is 22.5. The van der Waals surface area contributed by atoms with Gasteiger partial charge in [0.25, 0.3) is 5.91 Å². The first-order valence-electron chi connectivity index (χ1n) is 9.92. The van der Waals surface area contributed by atoms with Gasteiger partial charge < -0.3 is 10.1 Å². The molecule has 0 saturated heterocycles. The van der Waals surface area contributed by atoms with E-state index in [4.69, 9.17) is 4.74 Å². The Kier molecular flexibility index (Phi) is 6.69. The lowest BCUT2D eigenvalue weighted by Gasteiger charge is -2.14. The highest BCUT2D eigenvalue weighted by atomic mass is 32.1. The number of amides is 1. The summed E-state index contributed by atoms with van der Waals surface area (Å²) in [5.41, 5.74) is 1.01. The average molecular weight is 469 g/mol. The Balaban J connectivity index is 1.48. The van der Waals surface area contributed by atoms with Crippen LogP contribution >= 0.6 is 11.3 Å². The SMILES string of the molecule is O=C(NCc1cccnc1)c1csc(-c2ccccc2OCc2ccccc2C(F)(F)F)n1. The Morgan fingerprint density at radius 1 is 1.03 bits per heavy atom. The zero-order chi connectivity index (χ0) is 23.3. The van der Waals surface area contributed by atoms with Crippen LogP contribution in [-0.2, 0) is 19.3 Å². The number of benzene rings is 2. The maximum Gasteiger partial charge on any atom is 0.416 e. The van der Waals surface area contributed by atoms with Crippen LogP contribution in [0.3, 0.4) is 0 Å². The molecule has 4 rings (SSSR count). The second-order valence-corrected chi connectivity index (χ2v) is 7.88. The lowest BCUT2D eigenvalue weighted by Crippen LogP contribution is -2.23. The van der Waals surface area contributed by atoms with E-state index in [-0.39, 0.29) is 23.8 Å². The summed E-state index contributed by atoms with van der Waals surface area (Å²) in [5, 5.41) is 4.95. The summed E-state index contributed by atoms with van der Waals surface area (Å²) in [4.78, 5) is 20.9. The van der Waals surface area contributed by atoms with Crippen LogP contribution in [0.15, 0.2) is 78.4 Å². The molecule has 0 unspecified atom stereocenters. The van der Waals surface area contributed by atoms with Crippen molar-refractivity contribution in [3.8, 4) is 16.3 Å². The Morgan fingerprint density at radius 3 is 2.61 bits per heavy atom. The van der Waals surface area contributed by atoms with Crippen molar-refractivity contribution in [1.29, 1.82) is 0 Å². The van der Waals surface area contributed by atoms with Crippen LogP contribution in [0.2, 0.25) is 0 Å². The van der Waals surface area contributed by atoms with Crippen molar-refractivity contribution >= 4 is 17.2 Å². The molecule has 0 aliphatic rings. The number of rotatable bonds is 7. The molecule has 2 aromatic heterocycles. The third-order valence-corrected chi connectivity index (χ3v) is 5.61. The van der Waals surface area contributed by atoms with E-state index in [1.54, 1.807) is 48.1 Å². The number of carbonyl (C=O) groups excluding carboxylic acids is 1. The molecule has 0 atom stereocenters. The molecule has 0 aliphatic heterocycles. The standard InChI is InChI=1S/C24H18F3N3O2S/c25-24(26,27)19-9-3-1-7-17(19)14-32-21-10-4-2-8-18(21)23-30-20(15-33-23)22(31)29-13-16-6-5-11-28-12-16/h1-12,15H,13-14H2,(H,29,31). The van der Waals surface area contributed by atoms with E-state index >= 15 is 0 Å². The molecule has 0 fully saturated rings. The van der Waals surface area contributed by atoms with E-state index in [2.05, 4.69) is 15.3 Å². The molecule has 1 amide bonds. The second-order valence-electron chi connectivity index (χ2n) is 7.02. The fraction of sp³-hybridized carbons (Fsp3) is 0.125. The number of nitrogens with zero attached hydrogens (tertiary/aromatic N) is 2. The van der Waals surface area contributed by atoms with Crippen molar-refractivity contribution in [1.82, 2.24) is 15.3 Å². The van der Waals surface area contributed by atoms with E-state index in [0.29, 0.717) is 22.9 Å². The van der Waals surface area contributed by atoms with Gasteiger partial charge in [-0.1, -0.05) is 36.4 Å². The lowest BCUT2D eigenvalue weighted by molar-refractivity contribution is -0.138. The number of ether oxygens (including phenoxy) is 1. The number of hydrogen-bond acceptors (Lipinski definition) is 5. The smallest absolute Gasteiger partial charge is 0.416 e. The maximum absolute atomic E-state index is 13.3. The Labute approximate surface area is 191 Å². The maximum atomic E-state index is 13.3. The molecular weight excluding hydrogens is 451 g/mol. The Morgan fingerprint density at radius 2 is 1.82 bits per heavy atom. The van der Waals surface area contributed by atoms with E-state index < -0.39 is 11.7 Å². The number of carbonyl (C=O) groups is 1. The molecule has 4 aromatic rings. The Hall–Kier alpha value is -3.72. The number of nitrogens with one attached hydrogen (secondary N) is 1. The van der Waals surface area contributed by atoms with Crippen LogP contribution in [0.4, 0.5) is 13.2 Å². The van der Waals surface area contributed by atoms with Crippen molar-refractivity contribution in [2.45, 2.75) is 19.3 Å². The van der Waals surface area contributed by atoms with Gasteiger partial charge in [-0.25, -0.2) is 4.98 Å².